The van der Waals surface area contributed by atoms with Crippen LogP contribution < -0.4 is 5.73 Å². The lowest BCUT2D eigenvalue weighted by Crippen LogP contribution is -2.02. The molecule has 72 valence electrons. The molecule has 0 aliphatic carbocycles. The fourth-order valence-corrected chi connectivity index (χ4v) is 2.85. The second-order valence-electron chi connectivity index (χ2n) is 3.70. The third-order valence-electron chi connectivity index (χ3n) is 2.44. The van der Waals surface area contributed by atoms with Crippen LogP contribution in [0, 0.1) is 0 Å². The molecule has 0 saturated carbocycles. The summed E-state index contributed by atoms with van der Waals surface area (Å²) in [4.78, 5) is 0. The zero-order valence-corrected chi connectivity index (χ0v) is 8.91. The van der Waals surface area contributed by atoms with E-state index >= 15 is 0 Å². The Morgan fingerprint density at radius 1 is 1.46 bits per heavy atom. The van der Waals surface area contributed by atoms with Crippen molar-refractivity contribution >= 4 is 11.8 Å². The van der Waals surface area contributed by atoms with Crippen LogP contribution in [-0.2, 0) is 18.1 Å². The highest BCUT2D eigenvalue weighted by molar-refractivity contribution is 7.98. The zero-order chi connectivity index (χ0) is 9.42. The first-order valence-corrected chi connectivity index (χ1v) is 5.80. The van der Waals surface area contributed by atoms with E-state index in [1.807, 2.05) is 11.8 Å². The topological polar surface area (TPSA) is 39.2 Å². The van der Waals surface area contributed by atoms with Crippen molar-refractivity contribution in [3.05, 3.63) is 22.6 Å². The molecule has 13 heavy (non-hydrogen) atoms. The van der Waals surface area contributed by atoms with E-state index in [2.05, 4.69) is 13.8 Å². The predicted molar refractivity (Wildman–Crippen MR) is 55.7 cm³/mol. The summed E-state index contributed by atoms with van der Waals surface area (Å²) in [6, 6.07) is 0. The molecule has 0 fully saturated rings. The first kappa shape index (κ1) is 9.16. The minimum Gasteiger partial charge on any atom is -0.464 e. The van der Waals surface area contributed by atoms with Gasteiger partial charge in [0.1, 0.15) is 11.5 Å². The molecular formula is C10H15NOS. The highest BCUT2D eigenvalue weighted by Crippen LogP contribution is 2.38. The van der Waals surface area contributed by atoms with Crippen LogP contribution in [0.15, 0.2) is 4.42 Å². The van der Waals surface area contributed by atoms with E-state index in [0.717, 1.165) is 23.0 Å². The Kier molecular flexibility index (Phi) is 2.39. The molecule has 0 radical (unpaired) electrons. The van der Waals surface area contributed by atoms with E-state index in [9.17, 15) is 0 Å². The van der Waals surface area contributed by atoms with Crippen molar-refractivity contribution in [1.29, 1.82) is 0 Å². The quantitative estimate of drug-likeness (QED) is 0.792. The highest BCUT2D eigenvalue weighted by Gasteiger charge is 2.24. The van der Waals surface area contributed by atoms with Crippen molar-refractivity contribution in [2.24, 2.45) is 5.73 Å². The fourth-order valence-electron chi connectivity index (χ4n) is 1.79. The van der Waals surface area contributed by atoms with Crippen LogP contribution in [0.1, 0.15) is 42.4 Å². The van der Waals surface area contributed by atoms with E-state index in [-0.39, 0.29) is 0 Å². The van der Waals surface area contributed by atoms with Gasteiger partial charge in [0.15, 0.2) is 0 Å². The fraction of sp³-hybridized carbons (Fsp3) is 0.600. The Hall–Kier alpha value is -0.410. The van der Waals surface area contributed by atoms with Crippen LogP contribution in [0.4, 0.5) is 0 Å². The van der Waals surface area contributed by atoms with Gasteiger partial charge in [-0.1, -0.05) is 13.8 Å². The molecule has 0 spiro atoms. The molecule has 0 bridgehead atoms. The van der Waals surface area contributed by atoms with Crippen molar-refractivity contribution in [1.82, 2.24) is 0 Å². The lowest BCUT2D eigenvalue weighted by Gasteiger charge is -2.04. The van der Waals surface area contributed by atoms with Crippen LogP contribution in [0.2, 0.25) is 0 Å². The Bertz CT molecular complexity index is 317. The molecule has 0 unspecified atom stereocenters. The zero-order valence-electron chi connectivity index (χ0n) is 8.09. The summed E-state index contributed by atoms with van der Waals surface area (Å²) < 4.78 is 5.81. The summed E-state index contributed by atoms with van der Waals surface area (Å²) in [7, 11) is 0. The van der Waals surface area contributed by atoms with E-state index in [4.69, 9.17) is 10.2 Å². The number of fused-ring (bicyclic) bond motifs is 1. The third-order valence-corrected chi connectivity index (χ3v) is 3.40. The van der Waals surface area contributed by atoms with Crippen LogP contribution >= 0.6 is 11.8 Å². The standard InChI is InChI=1S/C10H15NOS/c1-6(2)10-7(3-11)8-4-13-5-9(8)12-10/h6H,3-5,11H2,1-2H3. The molecule has 1 aliphatic heterocycles. The van der Waals surface area contributed by atoms with Gasteiger partial charge in [0.25, 0.3) is 0 Å². The average Bonchev–Trinajstić information content (AvgIpc) is 2.60. The van der Waals surface area contributed by atoms with Crippen molar-refractivity contribution < 1.29 is 4.42 Å². The van der Waals surface area contributed by atoms with E-state index in [0.29, 0.717) is 12.5 Å². The minimum absolute atomic E-state index is 0.453. The van der Waals surface area contributed by atoms with Crippen LogP contribution in [0.3, 0.4) is 0 Å². The first-order chi connectivity index (χ1) is 6.24. The number of nitrogens with two attached hydrogens (primary N) is 1. The molecule has 2 N–H and O–H groups in total. The molecule has 3 heteroatoms. The van der Waals surface area contributed by atoms with Gasteiger partial charge in [-0.2, -0.15) is 0 Å². The van der Waals surface area contributed by atoms with Crippen molar-refractivity contribution in [2.45, 2.75) is 37.8 Å². The molecule has 1 aromatic heterocycles. The number of hydrogen-bond donors (Lipinski definition) is 1. The molecule has 0 aromatic carbocycles. The van der Waals surface area contributed by atoms with Crippen molar-refractivity contribution in [3.8, 4) is 0 Å². The molecule has 0 saturated heterocycles. The maximum atomic E-state index is 5.81. The predicted octanol–water partition coefficient (Wildman–Crippen LogP) is 2.61. The average molecular weight is 197 g/mol. The number of furan rings is 1. The summed E-state index contributed by atoms with van der Waals surface area (Å²) in [5.41, 5.74) is 8.37. The molecule has 2 rings (SSSR count). The molecule has 0 atom stereocenters. The molecule has 2 nitrogen and oxygen atoms in total. The van der Waals surface area contributed by atoms with E-state index in [1.165, 1.54) is 11.1 Å². The van der Waals surface area contributed by atoms with Gasteiger partial charge >= 0.3 is 0 Å². The number of thioether (sulfide) groups is 1. The van der Waals surface area contributed by atoms with Gasteiger partial charge in [0.2, 0.25) is 0 Å². The highest BCUT2D eigenvalue weighted by atomic mass is 32.2. The van der Waals surface area contributed by atoms with Crippen LogP contribution in [0.5, 0.6) is 0 Å². The van der Waals surface area contributed by atoms with Gasteiger partial charge in [-0.25, -0.2) is 0 Å². The van der Waals surface area contributed by atoms with Gasteiger partial charge in [0, 0.05) is 29.3 Å². The Morgan fingerprint density at radius 2 is 2.23 bits per heavy atom. The number of rotatable bonds is 2. The van der Waals surface area contributed by atoms with Crippen LogP contribution in [-0.4, -0.2) is 0 Å². The van der Waals surface area contributed by atoms with E-state index < -0.39 is 0 Å². The lowest BCUT2D eigenvalue weighted by molar-refractivity contribution is 0.457. The van der Waals surface area contributed by atoms with Crippen molar-refractivity contribution in [3.63, 3.8) is 0 Å². The Labute approximate surface area is 82.9 Å². The van der Waals surface area contributed by atoms with Gasteiger partial charge in [0.05, 0.1) is 5.75 Å². The number of hydrogen-bond acceptors (Lipinski definition) is 3. The lowest BCUT2D eigenvalue weighted by atomic mass is 10.0. The summed E-state index contributed by atoms with van der Waals surface area (Å²) in [5.74, 6) is 4.82. The Balaban J connectivity index is 2.47. The smallest absolute Gasteiger partial charge is 0.118 e. The largest absolute Gasteiger partial charge is 0.464 e. The molecule has 1 aliphatic rings. The van der Waals surface area contributed by atoms with Gasteiger partial charge in [-0.3, -0.25) is 0 Å². The summed E-state index contributed by atoms with van der Waals surface area (Å²) in [5, 5.41) is 0. The van der Waals surface area contributed by atoms with Gasteiger partial charge in [-0.05, 0) is 0 Å². The third kappa shape index (κ3) is 1.40. The SMILES string of the molecule is CC(C)c1oc2c(c1CN)CSC2. The second-order valence-corrected chi connectivity index (χ2v) is 4.68. The monoisotopic (exact) mass is 197 g/mol. The maximum absolute atomic E-state index is 5.81. The van der Waals surface area contributed by atoms with E-state index in [1.54, 1.807) is 0 Å². The van der Waals surface area contributed by atoms with Crippen molar-refractivity contribution in [2.75, 3.05) is 0 Å². The Morgan fingerprint density at radius 3 is 2.85 bits per heavy atom. The normalized spacial score (nSPS) is 15.4. The maximum Gasteiger partial charge on any atom is 0.118 e. The summed E-state index contributed by atoms with van der Waals surface area (Å²) in [6.07, 6.45) is 0. The molecule has 2 heterocycles. The second kappa shape index (κ2) is 3.39. The summed E-state index contributed by atoms with van der Waals surface area (Å²) in [6.45, 7) is 4.92. The first-order valence-electron chi connectivity index (χ1n) is 4.65. The minimum atomic E-state index is 0.453. The molecule has 1 aromatic rings. The summed E-state index contributed by atoms with van der Waals surface area (Å²) >= 11 is 1.91. The molecular weight excluding hydrogens is 182 g/mol. The molecule has 0 amide bonds. The van der Waals surface area contributed by atoms with Gasteiger partial charge in [-0.15, -0.1) is 11.8 Å². The van der Waals surface area contributed by atoms with Gasteiger partial charge < -0.3 is 10.2 Å². The van der Waals surface area contributed by atoms with Crippen LogP contribution in [0.25, 0.3) is 0 Å².